The molecule has 0 aliphatic rings. The van der Waals surface area contributed by atoms with Crippen LogP contribution in [0.1, 0.15) is 29.0 Å². The fourth-order valence-electron chi connectivity index (χ4n) is 1.76. The summed E-state index contributed by atoms with van der Waals surface area (Å²) in [4.78, 5) is 11.8. The highest BCUT2D eigenvalue weighted by molar-refractivity contribution is 6.00. The molecule has 1 aromatic heterocycles. The number of rotatable bonds is 3. The summed E-state index contributed by atoms with van der Waals surface area (Å²) in [6, 6.07) is 4.20. The van der Waals surface area contributed by atoms with Crippen LogP contribution in [0.5, 0.6) is 0 Å². The van der Waals surface area contributed by atoms with Gasteiger partial charge in [0.1, 0.15) is 11.4 Å². The van der Waals surface area contributed by atoms with Gasteiger partial charge in [-0.25, -0.2) is 4.39 Å². The van der Waals surface area contributed by atoms with Crippen molar-refractivity contribution in [2.75, 3.05) is 0 Å². The van der Waals surface area contributed by atoms with Crippen LogP contribution in [0, 0.1) is 25.1 Å². The maximum Gasteiger partial charge on any atom is 0.199 e. The van der Waals surface area contributed by atoms with Crippen LogP contribution < -0.4 is 0 Å². The summed E-state index contributed by atoms with van der Waals surface area (Å²) in [6.07, 6.45) is 5.73. The summed E-state index contributed by atoms with van der Waals surface area (Å²) in [5, 5.41) is 0.633. The van der Waals surface area contributed by atoms with Crippen LogP contribution in [0.15, 0.2) is 22.6 Å². The van der Waals surface area contributed by atoms with E-state index in [1.54, 1.807) is 6.92 Å². The first-order chi connectivity index (χ1) is 8.13. The van der Waals surface area contributed by atoms with Crippen molar-refractivity contribution in [3.63, 3.8) is 0 Å². The molecule has 0 saturated carbocycles. The summed E-state index contributed by atoms with van der Waals surface area (Å²) >= 11 is 0. The fraction of sp³-hybridized carbons (Fsp3) is 0.214. The van der Waals surface area contributed by atoms with E-state index in [0.29, 0.717) is 23.0 Å². The molecule has 17 heavy (non-hydrogen) atoms. The van der Waals surface area contributed by atoms with Gasteiger partial charge in [-0.3, -0.25) is 4.79 Å². The molecule has 86 valence electrons. The van der Waals surface area contributed by atoms with E-state index in [9.17, 15) is 9.18 Å². The van der Waals surface area contributed by atoms with Gasteiger partial charge < -0.3 is 4.42 Å². The highest BCUT2D eigenvalue weighted by Gasteiger charge is 2.17. The van der Waals surface area contributed by atoms with E-state index in [-0.39, 0.29) is 23.8 Å². The van der Waals surface area contributed by atoms with Gasteiger partial charge in [0, 0.05) is 23.8 Å². The van der Waals surface area contributed by atoms with Crippen molar-refractivity contribution in [3.8, 4) is 12.3 Å². The quantitative estimate of drug-likeness (QED) is 0.597. The number of fused-ring (bicyclic) bond motifs is 1. The number of carbonyl (C=O) groups excluding carboxylic acids is 1. The highest BCUT2D eigenvalue weighted by Crippen LogP contribution is 2.26. The Hall–Kier alpha value is -2.08. The lowest BCUT2D eigenvalue weighted by Crippen LogP contribution is -1.98. The Kier molecular flexibility index (Phi) is 2.97. The molecule has 0 unspecified atom stereocenters. The zero-order chi connectivity index (χ0) is 12.4. The van der Waals surface area contributed by atoms with Crippen LogP contribution in [0.2, 0.25) is 0 Å². The monoisotopic (exact) mass is 230 g/mol. The molecule has 2 rings (SSSR count). The SMILES string of the molecule is C#CCCC(=O)c1oc2ccc(F)cc2c1C. The summed E-state index contributed by atoms with van der Waals surface area (Å²) in [5.74, 6) is 2.20. The van der Waals surface area contributed by atoms with Crippen molar-refractivity contribution in [1.29, 1.82) is 0 Å². The average molecular weight is 230 g/mol. The lowest BCUT2D eigenvalue weighted by atomic mass is 10.1. The average Bonchev–Trinajstić information content (AvgIpc) is 2.64. The number of hydrogen-bond donors (Lipinski definition) is 0. The number of terminal acetylenes is 1. The summed E-state index contributed by atoms with van der Waals surface area (Å²) in [5.41, 5.74) is 1.19. The Morgan fingerprint density at radius 1 is 1.53 bits per heavy atom. The number of halogens is 1. The van der Waals surface area contributed by atoms with Crippen molar-refractivity contribution < 1.29 is 13.6 Å². The van der Waals surface area contributed by atoms with Crippen LogP contribution >= 0.6 is 0 Å². The third-order valence-electron chi connectivity index (χ3n) is 2.65. The minimum atomic E-state index is -0.343. The number of aryl methyl sites for hydroxylation is 1. The van der Waals surface area contributed by atoms with E-state index in [2.05, 4.69) is 5.92 Å². The molecular weight excluding hydrogens is 219 g/mol. The number of Topliss-reactive ketones (excluding diaryl/α,β-unsaturated/α-hetero) is 1. The third kappa shape index (κ3) is 2.07. The lowest BCUT2D eigenvalue weighted by molar-refractivity contribution is 0.0959. The molecule has 0 fully saturated rings. The molecule has 0 aliphatic carbocycles. The van der Waals surface area contributed by atoms with Gasteiger partial charge in [0.2, 0.25) is 0 Å². The predicted molar refractivity (Wildman–Crippen MR) is 63.3 cm³/mol. The van der Waals surface area contributed by atoms with Gasteiger partial charge in [0.15, 0.2) is 11.5 Å². The molecule has 0 N–H and O–H groups in total. The smallest absolute Gasteiger partial charge is 0.199 e. The van der Waals surface area contributed by atoms with Gasteiger partial charge >= 0.3 is 0 Å². The van der Waals surface area contributed by atoms with Gasteiger partial charge in [0.05, 0.1) is 0 Å². The molecule has 1 aromatic carbocycles. The molecule has 0 radical (unpaired) electrons. The second kappa shape index (κ2) is 4.42. The van der Waals surface area contributed by atoms with Crippen molar-refractivity contribution in [2.24, 2.45) is 0 Å². The van der Waals surface area contributed by atoms with Crippen LogP contribution in [-0.4, -0.2) is 5.78 Å². The number of ketones is 1. The lowest BCUT2D eigenvalue weighted by Gasteiger charge is -1.94. The Bertz CT molecular complexity index is 617. The van der Waals surface area contributed by atoms with E-state index in [1.165, 1.54) is 18.2 Å². The molecule has 0 atom stereocenters. The van der Waals surface area contributed by atoms with Crippen molar-refractivity contribution in [1.82, 2.24) is 0 Å². The van der Waals surface area contributed by atoms with Crippen LogP contribution in [-0.2, 0) is 0 Å². The van der Waals surface area contributed by atoms with E-state index in [0.717, 1.165) is 0 Å². The van der Waals surface area contributed by atoms with Crippen LogP contribution in [0.3, 0.4) is 0 Å². The molecule has 3 heteroatoms. The molecule has 1 heterocycles. The molecule has 0 spiro atoms. The molecule has 2 nitrogen and oxygen atoms in total. The molecule has 0 aliphatic heterocycles. The van der Waals surface area contributed by atoms with E-state index >= 15 is 0 Å². The number of hydrogen-bond acceptors (Lipinski definition) is 2. The van der Waals surface area contributed by atoms with Crippen molar-refractivity contribution in [2.45, 2.75) is 19.8 Å². The Balaban J connectivity index is 2.46. The zero-order valence-corrected chi connectivity index (χ0v) is 9.42. The second-order valence-electron chi connectivity index (χ2n) is 3.82. The maximum absolute atomic E-state index is 13.1. The number of benzene rings is 1. The van der Waals surface area contributed by atoms with E-state index in [4.69, 9.17) is 10.8 Å². The normalized spacial score (nSPS) is 10.4. The highest BCUT2D eigenvalue weighted by atomic mass is 19.1. The first-order valence-corrected chi connectivity index (χ1v) is 5.29. The first-order valence-electron chi connectivity index (χ1n) is 5.29. The maximum atomic E-state index is 13.1. The topological polar surface area (TPSA) is 30.2 Å². The minimum Gasteiger partial charge on any atom is -0.453 e. The largest absolute Gasteiger partial charge is 0.453 e. The molecular formula is C14H11FO2. The van der Waals surface area contributed by atoms with Crippen LogP contribution in [0.4, 0.5) is 4.39 Å². The standard InChI is InChI=1S/C14H11FO2/c1-3-4-5-12(16)14-9(2)11-8-10(15)6-7-13(11)17-14/h1,6-8H,4-5H2,2H3. The summed E-state index contributed by atoms with van der Waals surface area (Å²) in [7, 11) is 0. The van der Waals surface area contributed by atoms with Crippen LogP contribution in [0.25, 0.3) is 11.0 Å². The number of furan rings is 1. The fourth-order valence-corrected chi connectivity index (χ4v) is 1.76. The number of carbonyl (C=O) groups is 1. The Labute approximate surface area is 98.4 Å². The zero-order valence-electron chi connectivity index (χ0n) is 9.42. The predicted octanol–water partition coefficient (Wildman–Crippen LogP) is 3.48. The first kappa shape index (κ1) is 11.4. The van der Waals surface area contributed by atoms with E-state index < -0.39 is 0 Å². The minimum absolute atomic E-state index is 0.142. The summed E-state index contributed by atoms with van der Waals surface area (Å²) < 4.78 is 18.5. The van der Waals surface area contributed by atoms with Gasteiger partial charge in [-0.1, -0.05) is 0 Å². The van der Waals surface area contributed by atoms with E-state index in [1.807, 2.05) is 0 Å². The van der Waals surface area contributed by atoms with Crippen molar-refractivity contribution in [3.05, 3.63) is 35.3 Å². The van der Waals surface area contributed by atoms with Gasteiger partial charge in [-0.2, -0.15) is 0 Å². The molecule has 2 aromatic rings. The second-order valence-corrected chi connectivity index (χ2v) is 3.82. The molecule has 0 saturated heterocycles. The van der Waals surface area contributed by atoms with Gasteiger partial charge in [0.25, 0.3) is 0 Å². The molecule has 0 bridgehead atoms. The van der Waals surface area contributed by atoms with Gasteiger partial charge in [-0.15, -0.1) is 12.3 Å². The van der Waals surface area contributed by atoms with Gasteiger partial charge in [-0.05, 0) is 25.1 Å². The Morgan fingerprint density at radius 3 is 3.00 bits per heavy atom. The summed E-state index contributed by atoms with van der Waals surface area (Å²) in [6.45, 7) is 1.74. The van der Waals surface area contributed by atoms with Crippen molar-refractivity contribution >= 4 is 16.8 Å². The Morgan fingerprint density at radius 2 is 2.29 bits per heavy atom. The molecule has 0 amide bonds. The third-order valence-corrected chi connectivity index (χ3v) is 2.65.